The predicted molar refractivity (Wildman–Crippen MR) is 72.1 cm³/mol. The smallest absolute Gasteiger partial charge is 0.240 e. The summed E-state index contributed by atoms with van der Waals surface area (Å²) >= 11 is 0. The van der Waals surface area contributed by atoms with Crippen LogP contribution >= 0.6 is 0 Å². The molecule has 0 fully saturated rings. The van der Waals surface area contributed by atoms with Crippen molar-refractivity contribution in [3.63, 3.8) is 0 Å². The van der Waals surface area contributed by atoms with Crippen molar-refractivity contribution in [2.45, 2.75) is 17.7 Å². The van der Waals surface area contributed by atoms with E-state index in [0.717, 1.165) is 6.42 Å². The van der Waals surface area contributed by atoms with Gasteiger partial charge in [-0.2, -0.15) is 0 Å². The molecule has 0 saturated heterocycles. The van der Waals surface area contributed by atoms with E-state index < -0.39 is 10.0 Å². The second kappa shape index (κ2) is 6.08. The lowest BCUT2D eigenvalue weighted by Gasteiger charge is -2.10. The third-order valence-corrected chi connectivity index (χ3v) is 4.13. The molecule has 0 aliphatic carbocycles. The molecule has 1 aliphatic rings. The van der Waals surface area contributed by atoms with E-state index in [1.807, 2.05) is 0 Å². The van der Waals surface area contributed by atoms with E-state index in [9.17, 15) is 8.42 Å². The zero-order chi connectivity index (χ0) is 13.7. The fourth-order valence-electron chi connectivity index (χ4n) is 1.69. The number of nitrogens with one attached hydrogen (secondary N) is 1. The van der Waals surface area contributed by atoms with E-state index in [2.05, 4.69) is 11.3 Å². The first-order valence-electron chi connectivity index (χ1n) is 6.14. The molecule has 5 nitrogen and oxygen atoms in total. The lowest BCUT2D eigenvalue weighted by atomic mass is 10.3. The topological polar surface area (TPSA) is 64.6 Å². The molecule has 0 saturated carbocycles. The molecule has 1 aliphatic heterocycles. The van der Waals surface area contributed by atoms with E-state index in [-0.39, 0.29) is 4.90 Å². The summed E-state index contributed by atoms with van der Waals surface area (Å²) in [6, 6.07) is 4.64. The van der Waals surface area contributed by atoms with E-state index >= 15 is 0 Å². The Bertz CT molecular complexity index is 554. The number of fused-ring (bicyclic) bond motifs is 1. The Morgan fingerprint density at radius 2 is 2.00 bits per heavy atom. The molecular formula is C13H17NO4S. The molecule has 2 rings (SSSR count). The first kappa shape index (κ1) is 13.9. The zero-order valence-corrected chi connectivity index (χ0v) is 11.4. The van der Waals surface area contributed by atoms with Crippen molar-refractivity contribution in [1.29, 1.82) is 0 Å². The Morgan fingerprint density at radius 3 is 2.74 bits per heavy atom. The fraction of sp³-hybridized carbons (Fsp3) is 0.385. The van der Waals surface area contributed by atoms with Crippen LogP contribution < -0.4 is 14.2 Å². The highest BCUT2D eigenvalue weighted by Gasteiger charge is 2.18. The van der Waals surface area contributed by atoms with Crippen molar-refractivity contribution in [2.75, 3.05) is 19.8 Å². The van der Waals surface area contributed by atoms with Crippen LogP contribution in [0.1, 0.15) is 12.8 Å². The molecule has 0 spiro atoms. The molecule has 0 bridgehead atoms. The van der Waals surface area contributed by atoms with Crippen LogP contribution in [0.2, 0.25) is 0 Å². The summed E-state index contributed by atoms with van der Waals surface area (Å²) in [5.41, 5.74) is 0. The average Bonchev–Trinajstić information content (AvgIpc) is 2.63. The molecule has 0 aromatic heterocycles. The molecule has 19 heavy (non-hydrogen) atoms. The molecule has 0 amide bonds. The van der Waals surface area contributed by atoms with Crippen LogP contribution in [0.4, 0.5) is 0 Å². The van der Waals surface area contributed by atoms with Gasteiger partial charge in [0, 0.05) is 19.0 Å². The summed E-state index contributed by atoms with van der Waals surface area (Å²) in [7, 11) is -3.51. The molecule has 104 valence electrons. The van der Waals surface area contributed by atoms with Gasteiger partial charge in [-0.05, 0) is 18.6 Å². The SMILES string of the molecule is C=CCCNS(=O)(=O)c1ccc2c(c1)OCCCO2. The summed E-state index contributed by atoms with van der Waals surface area (Å²) in [4.78, 5) is 0.181. The number of hydrogen-bond donors (Lipinski definition) is 1. The third-order valence-electron chi connectivity index (χ3n) is 2.67. The number of benzene rings is 1. The van der Waals surface area contributed by atoms with Gasteiger partial charge in [0.05, 0.1) is 18.1 Å². The zero-order valence-electron chi connectivity index (χ0n) is 10.6. The van der Waals surface area contributed by atoms with E-state index in [1.165, 1.54) is 12.1 Å². The molecule has 6 heteroatoms. The minimum absolute atomic E-state index is 0.181. The van der Waals surface area contributed by atoms with Crippen molar-refractivity contribution in [3.8, 4) is 11.5 Å². The highest BCUT2D eigenvalue weighted by molar-refractivity contribution is 7.89. The second-order valence-electron chi connectivity index (χ2n) is 4.13. The molecular weight excluding hydrogens is 266 g/mol. The number of hydrogen-bond acceptors (Lipinski definition) is 4. The van der Waals surface area contributed by atoms with Gasteiger partial charge in [0.25, 0.3) is 0 Å². The van der Waals surface area contributed by atoms with Gasteiger partial charge in [-0.15, -0.1) is 6.58 Å². The lowest BCUT2D eigenvalue weighted by molar-refractivity contribution is 0.297. The van der Waals surface area contributed by atoms with Crippen LogP contribution in [-0.2, 0) is 10.0 Å². The van der Waals surface area contributed by atoms with Crippen LogP contribution in [0.3, 0.4) is 0 Å². The first-order valence-corrected chi connectivity index (χ1v) is 7.62. The lowest BCUT2D eigenvalue weighted by Crippen LogP contribution is -2.24. The average molecular weight is 283 g/mol. The number of ether oxygens (including phenoxy) is 2. The standard InChI is InChI=1S/C13H17NO4S/c1-2-3-7-14-19(15,16)11-5-6-12-13(10-11)18-9-4-8-17-12/h2,5-6,10,14H,1,3-4,7-9H2. The Hall–Kier alpha value is -1.53. The summed E-state index contributed by atoms with van der Waals surface area (Å²) < 4.78 is 37.5. The highest BCUT2D eigenvalue weighted by atomic mass is 32.2. The van der Waals surface area contributed by atoms with Crippen molar-refractivity contribution in [1.82, 2.24) is 4.72 Å². The highest BCUT2D eigenvalue weighted by Crippen LogP contribution is 2.31. The van der Waals surface area contributed by atoms with Crippen LogP contribution in [0.15, 0.2) is 35.7 Å². The van der Waals surface area contributed by atoms with Gasteiger partial charge in [0.2, 0.25) is 10.0 Å². The normalized spacial score (nSPS) is 14.7. The monoisotopic (exact) mass is 283 g/mol. The van der Waals surface area contributed by atoms with Gasteiger partial charge in [-0.25, -0.2) is 13.1 Å². The molecule has 1 N–H and O–H groups in total. The third kappa shape index (κ3) is 3.48. The van der Waals surface area contributed by atoms with Crippen LogP contribution in [0.5, 0.6) is 11.5 Å². The van der Waals surface area contributed by atoms with Crippen molar-refractivity contribution >= 4 is 10.0 Å². The fourth-order valence-corrected chi connectivity index (χ4v) is 2.75. The maximum Gasteiger partial charge on any atom is 0.240 e. The Balaban J connectivity index is 2.20. The van der Waals surface area contributed by atoms with Gasteiger partial charge >= 0.3 is 0 Å². The minimum Gasteiger partial charge on any atom is -0.490 e. The summed E-state index contributed by atoms with van der Waals surface area (Å²) in [5, 5.41) is 0. The van der Waals surface area contributed by atoms with Crippen LogP contribution in [-0.4, -0.2) is 28.2 Å². The number of rotatable bonds is 5. The molecule has 1 aromatic rings. The van der Waals surface area contributed by atoms with Gasteiger partial charge in [0.1, 0.15) is 0 Å². The minimum atomic E-state index is -3.51. The molecule has 1 aromatic carbocycles. The van der Waals surface area contributed by atoms with E-state index in [0.29, 0.717) is 37.7 Å². The van der Waals surface area contributed by atoms with Crippen LogP contribution in [0.25, 0.3) is 0 Å². The molecule has 0 radical (unpaired) electrons. The largest absolute Gasteiger partial charge is 0.490 e. The predicted octanol–water partition coefficient (Wildman–Crippen LogP) is 1.70. The molecule has 0 atom stereocenters. The Kier molecular flexibility index (Phi) is 4.44. The Morgan fingerprint density at radius 1 is 1.26 bits per heavy atom. The quantitative estimate of drug-likeness (QED) is 0.660. The maximum absolute atomic E-state index is 12.0. The maximum atomic E-state index is 12.0. The molecule has 0 unspecified atom stereocenters. The summed E-state index contributed by atoms with van der Waals surface area (Å²) in [6.07, 6.45) is 3.04. The van der Waals surface area contributed by atoms with E-state index in [1.54, 1.807) is 12.1 Å². The van der Waals surface area contributed by atoms with Gasteiger partial charge < -0.3 is 9.47 Å². The second-order valence-corrected chi connectivity index (χ2v) is 5.90. The van der Waals surface area contributed by atoms with Gasteiger partial charge in [0.15, 0.2) is 11.5 Å². The molecule has 1 heterocycles. The van der Waals surface area contributed by atoms with Crippen LogP contribution in [0, 0.1) is 0 Å². The number of sulfonamides is 1. The van der Waals surface area contributed by atoms with E-state index in [4.69, 9.17) is 9.47 Å². The van der Waals surface area contributed by atoms with Gasteiger partial charge in [-0.1, -0.05) is 6.08 Å². The summed E-state index contributed by atoms with van der Waals surface area (Å²) in [6.45, 7) is 4.99. The van der Waals surface area contributed by atoms with Crippen molar-refractivity contribution in [3.05, 3.63) is 30.9 Å². The van der Waals surface area contributed by atoms with Crippen molar-refractivity contribution < 1.29 is 17.9 Å². The first-order chi connectivity index (χ1) is 9.13. The van der Waals surface area contributed by atoms with Crippen molar-refractivity contribution in [2.24, 2.45) is 0 Å². The Labute approximate surface area is 113 Å². The van der Waals surface area contributed by atoms with Gasteiger partial charge in [-0.3, -0.25) is 0 Å². The summed E-state index contributed by atoms with van der Waals surface area (Å²) in [5.74, 6) is 1.06.